The standard InChI is InChI=1S/C17H19N3OS/c21-16-9-5-4-8-15(16)19-10-12-20(13-11-19)17(22)18-14-6-2-1-3-7-14/h1-9,21H,10-13H2,(H,18,22). The molecule has 1 aliphatic rings. The van der Waals surface area contributed by atoms with Crippen LogP contribution >= 0.6 is 12.2 Å². The molecule has 4 nitrogen and oxygen atoms in total. The van der Waals surface area contributed by atoms with Crippen molar-refractivity contribution in [2.75, 3.05) is 36.4 Å². The summed E-state index contributed by atoms with van der Waals surface area (Å²) in [5.41, 5.74) is 1.90. The van der Waals surface area contributed by atoms with Gasteiger partial charge in [0.15, 0.2) is 5.11 Å². The van der Waals surface area contributed by atoms with Gasteiger partial charge in [-0.05, 0) is 36.5 Å². The van der Waals surface area contributed by atoms with E-state index in [4.69, 9.17) is 12.2 Å². The zero-order chi connectivity index (χ0) is 15.4. The molecule has 0 saturated carbocycles. The van der Waals surface area contributed by atoms with E-state index in [-0.39, 0.29) is 0 Å². The first-order chi connectivity index (χ1) is 10.7. The highest BCUT2D eigenvalue weighted by atomic mass is 32.1. The number of phenolic OH excluding ortho intramolecular Hbond substituents is 1. The number of phenols is 1. The maximum atomic E-state index is 9.94. The lowest BCUT2D eigenvalue weighted by molar-refractivity contribution is 0.387. The third kappa shape index (κ3) is 3.31. The highest BCUT2D eigenvalue weighted by Gasteiger charge is 2.20. The van der Waals surface area contributed by atoms with Crippen LogP contribution in [0.2, 0.25) is 0 Å². The Morgan fingerprint density at radius 3 is 2.23 bits per heavy atom. The SMILES string of the molecule is Oc1ccccc1N1CCN(C(=S)Nc2ccccc2)CC1. The lowest BCUT2D eigenvalue weighted by Gasteiger charge is -2.37. The molecule has 1 heterocycles. The van der Waals surface area contributed by atoms with E-state index in [9.17, 15) is 5.11 Å². The molecule has 0 aromatic heterocycles. The van der Waals surface area contributed by atoms with E-state index in [0.717, 1.165) is 42.7 Å². The second kappa shape index (κ2) is 6.66. The number of anilines is 2. The van der Waals surface area contributed by atoms with Crippen LogP contribution in [0.25, 0.3) is 0 Å². The zero-order valence-corrected chi connectivity index (χ0v) is 13.1. The monoisotopic (exact) mass is 313 g/mol. The summed E-state index contributed by atoms with van der Waals surface area (Å²) in [7, 11) is 0. The molecule has 22 heavy (non-hydrogen) atoms. The molecule has 0 spiro atoms. The van der Waals surface area contributed by atoms with Gasteiger partial charge in [0.25, 0.3) is 0 Å². The van der Waals surface area contributed by atoms with Crippen molar-refractivity contribution < 1.29 is 5.11 Å². The van der Waals surface area contributed by atoms with Crippen LogP contribution in [-0.4, -0.2) is 41.3 Å². The first kappa shape index (κ1) is 14.7. The van der Waals surface area contributed by atoms with Crippen molar-refractivity contribution in [1.29, 1.82) is 0 Å². The fourth-order valence-corrected chi connectivity index (χ4v) is 2.91. The Morgan fingerprint density at radius 1 is 0.909 bits per heavy atom. The fraction of sp³-hybridized carbons (Fsp3) is 0.235. The minimum Gasteiger partial charge on any atom is -0.506 e. The third-order valence-electron chi connectivity index (χ3n) is 3.81. The van der Waals surface area contributed by atoms with E-state index >= 15 is 0 Å². The van der Waals surface area contributed by atoms with Crippen LogP contribution < -0.4 is 10.2 Å². The minimum atomic E-state index is 0.334. The normalized spacial score (nSPS) is 14.7. The lowest BCUT2D eigenvalue weighted by Crippen LogP contribution is -2.50. The molecule has 2 aromatic rings. The molecule has 1 fully saturated rings. The largest absolute Gasteiger partial charge is 0.506 e. The van der Waals surface area contributed by atoms with Gasteiger partial charge in [-0.15, -0.1) is 0 Å². The Morgan fingerprint density at radius 2 is 1.55 bits per heavy atom. The first-order valence-corrected chi connectivity index (χ1v) is 7.79. The molecule has 3 rings (SSSR count). The lowest BCUT2D eigenvalue weighted by atomic mass is 10.2. The number of hydrogen-bond donors (Lipinski definition) is 2. The fourth-order valence-electron chi connectivity index (χ4n) is 2.61. The van der Waals surface area contributed by atoms with Gasteiger partial charge in [-0.25, -0.2) is 0 Å². The van der Waals surface area contributed by atoms with Gasteiger partial charge in [-0.1, -0.05) is 30.3 Å². The topological polar surface area (TPSA) is 38.7 Å². The summed E-state index contributed by atoms with van der Waals surface area (Å²) < 4.78 is 0. The zero-order valence-electron chi connectivity index (χ0n) is 12.3. The van der Waals surface area contributed by atoms with Crippen LogP contribution in [-0.2, 0) is 0 Å². The van der Waals surface area contributed by atoms with Crippen LogP contribution in [0.1, 0.15) is 0 Å². The number of thiocarbonyl (C=S) groups is 1. The second-order valence-corrected chi connectivity index (χ2v) is 5.65. The molecule has 0 radical (unpaired) electrons. The van der Waals surface area contributed by atoms with Gasteiger partial charge in [-0.3, -0.25) is 0 Å². The molecule has 0 aliphatic carbocycles. The van der Waals surface area contributed by atoms with Crippen LogP contribution in [0.3, 0.4) is 0 Å². The summed E-state index contributed by atoms with van der Waals surface area (Å²) in [6.45, 7) is 3.36. The smallest absolute Gasteiger partial charge is 0.173 e. The van der Waals surface area contributed by atoms with E-state index in [2.05, 4.69) is 15.1 Å². The molecule has 0 unspecified atom stereocenters. The van der Waals surface area contributed by atoms with E-state index < -0.39 is 0 Å². The Hall–Kier alpha value is -2.27. The van der Waals surface area contributed by atoms with Crippen molar-refractivity contribution >= 4 is 28.7 Å². The van der Waals surface area contributed by atoms with Crippen molar-refractivity contribution in [3.8, 4) is 5.75 Å². The van der Waals surface area contributed by atoms with Crippen molar-refractivity contribution in [2.24, 2.45) is 0 Å². The number of aromatic hydroxyl groups is 1. The molecule has 114 valence electrons. The molecule has 1 saturated heterocycles. The number of piperazine rings is 1. The predicted octanol–water partition coefficient (Wildman–Crippen LogP) is 2.91. The van der Waals surface area contributed by atoms with Gasteiger partial charge >= 0.3 is 0 Å². The van der Waals surface area contributed by atoms with Crippen LogP contribution in [0.4, 0.5) is 11.4 Å². The minimum absolute atomic E-state index is 0.334. The number of nitrogens with one attached hydrogen (secondary N) is 1. The summed E-state index contributed by atoms with van der Waals surface area (Å²) in [5, 5.41) is 14.0. The summed E-state index contributed by atoms with van der Waals surface area (Å²) in [6, 6.07) is 17.4. The van der Waals surface area contributed by atoms with Gasteiger partial charge in [-0.2, -0.15) is 0 Å². The number of hydrogen-bond acceptors (Lipinski definition) is 3. The van der Waals surface area contributed by atoms with Crippen LogP contribution in [0, 0.1) is 0 Å². The van der Waals surface area contributed by atoms with Gasteiger partial charge < -0.3 is 20.2 Å². The van der Waals surface area contributed by atoms with Gasteiger partial charge in [0, 0.05) is 31.9 Å². The highest BCUT2D eigenvalue weighted by Crippen LogP contribution is 2.27. The Bertz CT molecular complexity index is 639. The predicted molar refractivity (Wildman–Crippen MR) is 94.6 cm³/mol. The van der Waals surface area contributed by atoms with E-state index in [1.54, 1.807) is 6.07 Å². The van der Waals surface area contributed by atoms with Crippen molar-refractivity contribution in [1.82, 2.24) is 4.90 Å². The molecule has 0 bridgehead atoms. The molecular formula is C17H19N3OS. The van der Waals surface area contributed by atoms with Crippen molar-refractivity contribution in [3.63, 3.8) is 0 Å². The van der Waals surface area contributed by atoms with Crippen molar-refractivity contribution in [2.45, 2.75) is 0 Å². The number of benzene rings is 2. The van der Waals surface area contributed by atoms with Gasteiger partial charge in [0.2, 0.25) is 0 Å². The van der Waals surface area contributed by atoms with E-state index in [0.29, 0.717) is 5.75 Å². The average Bonchev–Trinajstić information content (AvgIpc) is 2.56. The Balaban J connectivity index is 1.58. The Kier molecular flexibility index (Phi) is 4.44. The summed E-state index contributed by atoms with van der Waals surface area (Å²) in [6.07, 6.45) is 0. The molecule has 2 aromatic carbocycles. The number of para-hydroxylation sites is 3. The number of nitrogens with zero attached hydrogens (tertiary/aromatic N) is 2. The molecule has 0 atom stereocenters. The Labute approximate surface area is 136 Å². The third-order valence-corrected chi connectivity index (χ3v) is 4.17. The molecule has 5 heteroatoms. The van der Waals surface area contributed by atoms with E-state index in [1.165, 1.54) is 0 Å². The van der Waals surface area contributed by atoms with Crippen molar-refractivity contribution in [3.05, 3.63) is 54.6 Å². The summed E-state index contributed by atoms with van der Waals surface area (Å²) >= 11 is 5.48. The molecular weight excluding hydrogens is 294 g/mol. The van der Waals surface area contributed by atoms with Crippen LogP contribution in [0.5, 0.6) is 5.75 Å². The van der Waals surface area contributed by atoms with Gasteiger partial charge in [0.1, 0.15) is 5.75 Å². The quantitative estimate of drug-likeness (QED) is 0.834. The summed E-state index contributed by atoms with van der Waals surface area (Å²) in [5.74, 6) is 0.334. The summed E-state index contributed by atoms with van der Waals surface area (Å²) in [4.78, 5) is 4.36. The number of rotatable bonds is 2. The van der Waals surface area contributed by atoms with E-state index in [1.807, 2.05) is 48.5 Å². The maximum absolute atomic E-state index is 9.94. The molecule has 2 N–H and O–H groups in total. The molecule has 0 amide bonds. The second-order valence-electron chi connectivity index (χ2n) is 5.26. The highest BCUT2D eigenvalue weighted by molar-refractivity contribution is 7.80. The first-order valence-electron chi connectivity index (χ1n) is 7.38. The van der Waals surface area contributed by atoms with Gasteiger partial charge in [0.05, 0.1) is 5.69 Å². The van der Waals surface area contributed by atoms with Crippen LogP contribution in [0.15, 0.2) is 54.6 Å². The maximum Gasteiger partial charge on any atom is 0.173 e. The average molecular weight is 313 g/mol. The molecule has 1 aliphatic heterocycles.